The fourth-order valence-electron chi connectivity index (χ4n) is 2.16. The minimum atomic E-state index is -0.416. The fourth-order valence-corrected chi connectivity index (χ4v) is 2.43. The molecule has 0 fully saturated rings. The van der Waals surface area contributed by atoms with Crippen molar-refractivity contribution in [1.82, 2.24) is 15.2 Å². The molecule has 3 rings (SSSR count). The van der Waals surface area contributed by atoms with Crippen LogP contribution in [0.25, 0.3) is 0 Å². The van der Waals surface area contributed by atoms with Crippen molar-refractivity contribution in [1.29, 1.82) is 0 Å². The average Bonchev–Trinajstić information content (AvgIpc) is 3.07. The predicted molar refractivity (Wildman–Crippen MR) is 98.6 cm³/mol. The van der Waals surface area contributed by atoms with Gasteiger partial charge in [0.2, 0.25) is 0 Å². The van der Waals surface area contributed by atoms with Gasteiger partial charge in [0.15, 0.2) is 5.69 Å². The average molecular weight is 399 g/mol. The number of amides is 1. The molecule has 0 aliphatic heterocycles. The summed E-state index contributed by atoms with van der Waals surface area (Å²) in [5.41, 5.74) is 4.26. The third-order valence-corrected chi connectivity index (χ3v) is 3.97. The molecule has 1 amide bonds. The molecule has 0 aliphatic rings. The highest BCUT2D eigenvalue weighted by atomic mass is 79.9. The quantitative estimate of drug-likeness (QED) is 0.511. The fraction of sp³-hybridized carbons (Fsp3) is 0.0556. The summed E-state index contributed by atoms with van der Waals surface area (Å²) in [5.74, 6) is -0.319. The highest BCUT2D eigenvalue weighted by molar-refractivity contribution is 9.10. The number of benzene rings is 2. The number of aromatic hydroxyl groups is 1. The summed E-state index contributed by atoms with van der Waals surface area (Å²) in [4.78, 5) is 12.1. The van der Waals surface area contributed by atoms with Crippen LogP contribution in [-0.2, 0) is 6.54 Å². The Morgan fingerprint density at radius 3 is 2.72 bits per heavy atom. The third-order valence-electron chi connectivity index (χ3n) is 3.44. The second kappa shape index (κ2) is 7.76. The molecule has 126 valence electrons. The number of halogens is 1. The summed E-state index contributed by atoms with van der Waals surface area (Å²) in [6.45, 7) is 0.571. The van der Waals surface area contributed by atoms with Crippen molar-refractivity contribution in [3.8, 4) is 5.75 Å². The molecule has 7 heteroatoms. The van der Waals surface area contributed by atoms with Gasteiger partial charge in [-0.1, -0.05) is 40.2 Å². The smallest absolute Gasteiger partial charge is 0.291 e. The number of para-hydroxylation sites is 1. The number of carbonyl (C=O) groups is 1. The maximum absolute atomic E-state index is 12.1. The number of nitrogens with zero attached hydrogens (tertiary/aromatic N) is 3. The number of carbonyl (C=O) groups excluding carboxylic acids is 1. The SMILES string of the molecule is O=C(N/N=C\c1ccccc1O)c1ccn(Cc2ccc(Br)cc2)n1. The molecule has 0 saturated heterocycles. The summed E-state index contributed by atoms with van der Waals surface area (Å²) in [5, 5.41) is 17.7. The van der Waals surface area contributed by atoms with Gasteiger partial charge in [-0.05, 0) is 35.9 Å². The standard InChI is InChI=1S/C18H15BrN4O2/c19-15-7-5-13(6-8-15)12-23-10-9-16(22-23)18(25)21-20-11-14-3-1-2-4-17(14)24/h1-11,24H,12H2,(H,21,25)/b20-11-. The van der Waals surface area contributed by atoms with E-state index in [0.29, 0.717) is 12.1 Å². The Labute approximate surface area is 152 Å². The molecule has 0 saturated carbocycles. The minimum absolute atomic E-state index is 0.0966. The lowest BCUT2D eigenvalue weighted by Gasteiger charge is -2.02. The topological polar surface area (TPSA) is 79.5 Å². The first-order chi connectivity index (χ1) is 12.1. The zero-order valence-corrected chi connectivity index (χ0v) is 14.7. The largest absolute Gasteiger partial charge is 0.507 e. The summed E-state index contributed by atoms with van der Waals surface area (Å²) < 4.78 is 2.70. The van der Waals surface area contributed by atoms with Crippen LogP contribution in [-0.4, -0.2) is 27.0 Å². The van der Waals surface area contributed by atoms with Crippen LogP contribution in [0.3, 0.4) is 0 Å². The van der Waals surface area contributed by atoms with Crippen LogP contribution < -0.4 is 5.43 Å². The van der Waals surface area contributed by atoms with Gasteiger partial charge in [-0.3, -0.25) is 9.48 Å². The van der Waals surface area contributed by atoms with Gasteiger partial charge in [0.1, 0.15) is 5.75 Å². The normalized spacial score (nSPS) is 10.9. The molecule has 2 aromatic carbocycles. The molecule has 1 aromatic heterocycles. The Morgan fingerprint density at radius 2 is 1.96 bits per heavy atom. The van der Waals surface area contributed by atoms with Gasteiger partial charge in [0.05, 0.1) is 12.8 Å². The van der Waals surface area contributed by atoms with Crippen molar-refractivity contribution < 1.29 is 9.90 Å². The third kappa shape index (κ3) is 4.54. The molecule has 0 unspecified atom stereocenters. The number of hydrogen-bond acceptors (Lipinski definition) is 4. The Hall–Kier alpha value is -2.93. The second-order valence-electron chi connectivity index (χ2n) is 5.28. The number of aromatic nitrogens is 2. The highest BCUT2D eigenvalue weighted by Crippen LogP contribution is 2.13. The van der Waals surface area contributed by atoms with Gasteiger partial charge in [0.25, 0.3) is 5.91 Å². The number of nitrogens with one attached hydrogen (secondary N) is 1. The summed E-state index contributed by atoms with van der Waals surface area (Å²) in [6, 6.07) is 16.2. The maximum atomic E-state index is 12.1. The van der Waals surface area contributed by atoms with Gasteiger partial charge in [-0.2, -0.15) is 10.2 Å². The molecule has 6 nitrogen and oxygen atoms in total. The number of hydrazone groups is 1. The van der Waals surface area contributed by atoms with E-state index in [2.05, 4.69) is 31.6 Å². The molecular formula is C18H15BrN4O2. The van der Waals surface area contributed by atoms with Crippen LogP contribution in [0.1, 0.15) is 21.6 Å². The van der Waals surface area contributed by atoms with E-state index in [1.54, 1.807) is 41.2 Å². The summed E-state index contributed by atoms with van der Waals surface area (Å²) in [7, 11) is 0. The van der Waals surface area contributed by atoms with Gasteiger partial charge >= 0.3 is 0 Å². The first-order valence-corrected chi connectivity index (χ1v) is 8.30. The number of rotatable bonds is 5. The summed E-state index contributed by atoms with van der Waals surface area (Å²) >= 11 is 3.39. The first kappa shape index (κ1) is 16.9. The first-order valence-electron chi connectivity index (χ1n) is 7.51. The Bertz CT molecular complexity index is 903. The van der Waals surface area contributed by atoms with E-state index in [4.69, 9.17) is 0 Å². The zero-order valence-electron chi connectivity index (χ0n) is 13.1. The second-order valence-corrected chi connectivity index (χ2v) is 6.20. The Kier molecular flexibility index (Phi) is 5.25. The van der Waals surface area contributed by atoms with E-state index in [1.165, 1.54) is 6.21 Å². The van der Waals surface area contributed by atoms with Gasteiger partial charge < -0.3 is 5.11 Å². The zero-order chi connectivity index (χ0) is 17.6. The summed E-state index contributed by atoms with van der Waals surface area (Å²) in [6.07, 6.45) is 3.12. The lowest BCUT2D eigenvalue weighted by molar-refractivity contribution is 0.0949. The van der Waals surface area contributed by atoms with E-state index in [-0.39, 0.29) is 11.4 Å². The minimum Gasteiger partial charge on any atom is -0.507 e. The number of phenols is 1. The Morgan fingerprint density at radius 1 is 1.20 bits per heavy atom. The van der Waals surface area contributed by atoms with E-state index in [0.717, 1.165) is 10.0 Å². The van der Waals surface area contributed by atoms with Crippen molar-refractivity contribution >= 4 is 28.1 Å². The molecular weight excluding hydrogens is 384 g/mol. The van der Waals surface area contributed by atoms with Crippen LogP contribution >= 0.6 is 15.9 Å². The maximum Gasteiger partial charge on any atom is 0.291 e. The van der Waals surface area contributed by atoms with E-state index in [1.807, 2.05) is 24.3 Å². The van der Waals surface area contributed by atoms with Crippen molar-refractivity contribution in [3.63, 3.8) is 0 Å². The van der Waals surface area contributed by atoms with Crippen LogP contribution in [0, 0.1) is 0 Å². The van der Waals surface area contributed by atoms with E-state index in [9.17, 15) is 9.90 Å². The molecule has 1 heterocycles. The molecule has 2 N–H and O–H groups in total. The van der Waals surface area contributed by atoms with Crippen LogP contribution in [0.4, 0.5) is 0 Å². The van der Waals surface area contributed by atoms with Crippen molar-refractivity contribution in [2.45, 2.75) is 6.54 Å². The van der Waals surface area contributed by atoms with Gasteiger partial charge in [-0.25, -0.2) is 5.43 Å². The van der Waals surface area contributed by atoms with Crippen LogP contribution in [0.2, 0.25) is 0 Å². The van der Waals surface area contributed by atoms with Crippen molar-refractivity contribution in [2.24, 2.45) is 5.10 Å². The molecule has 3 aromatic rings. The van der Waals surface area contributed by atoms with Gasteiger partial charge in [-0.15, -0.1) is 0 Å². The predicted octanol–water partition coefficient (Wildman–Crippen LogP) is 3.16. The molecule has 0 radical (unpaired) electrons. The van der Waals surface area contributed by atoms with Crippen molar-refractivity contribution in [3.05, 3.63) is 82.1 Å². The van der Waals surface area contributed by atoms with Crippen molar-refractivity contribution in [2.75, 3.05) is 0 Å². The van der Waals surface area contributed by atoms with Crippen LogP contribution in [0.5, 0.6) is 5.75 Å². The van der Waals surface area contributed by atoms with Gasteiger partial charge in [0, 0.05) is 16.2 Å². The molecule has 0 bridgehead atoms. The lowest BCUT2D eigenvalue weighted by Crippen LogP contribution is -2.18. The number of phenolic OH excluding ortho intramolecular Hbond substituents is 1. The highest BCUT2D eigenvalue weighted by Gasteiger charge is 2.08. The molecule has 25 heavy (non-hydrogen) atoms. The number of hydrogen-bond donors (Lipinski definition) is 2. The van der Waals surface area contributed by atoms with E-state index < -0.39 is 5.91 Å². The Balaban J connectivity index is 1.60. The lowest BCUT2D eigenvalue weighted by atomic mass is 10.2. The monoisotopic (exact) mass is 398 g/mol. The van der Waals surface area contributed by atoms with Crippen LogP contribution in [0.15, 0.2) is 70.4 Å². The molecule has 0 aliphatic carbocycles. The molecule has 0 atom stereocenters. The molecule has 0 spiro atoms. The van der Waals surface area contributed by atoms with E-state index >= 15 is 0 Å².